The van der Waals surface area contributed by atoms with Crippen molar-refractivity contribution in [1.29, 1.82) is 0 Å². The second-order valence-electron chi connectivity index (χ2n) is 6.88. The molecule has 1 N–H and O–H groups in total. The van der Waals surface area contributed by atoms with Gasteiger partial charge in [0.25, 0.3) is 5.56 Å². The molecule has 9 heteroatoms. The average molecular weight is 420 g/mol. The maximum absolute atomic E-state index is 12.8. The lowest BCUT2D eigenvalue weighted by Gasteiger charge is -2.28. The van der Waals surface area contributed by atoms with Gasteiger partial charge in [-0.25, -0.2) is 4.98 Å². The van der Waals surface area contributed by atoms with Gasteiger partial charge in [0.05, 0.1) is 16.8 Å². The first kappa shape index (κ1) is 19.8. The first-order valence-corrected chi connectivity index (χ1v) is 10.3. The van der Waals surface area contributed by atoms with Crippen molar-refractivity contribution in [2.45, 2.75) is 30.8 Å². The summed E-state index contributed by atoms with van der Waals surface area (Å²) < 4.78 is 40.3. The van der Waals surface area contributed by atoms with Gasteiger partial charge in [-0.2, -0.15) is 13.2 Å². The Hall–Kier alpha value is -2.52. The third-order valence-electron chi connectivity index (χ3n) is 5.01. The summed E-state index contributed by atoms with van der Waals surface area (Å²) in [6.45, 7) is 1.83. The number of nitrogens with zero attached hydrogens (tertiary/aromatic N) is 3. The molecule has 0 radical (unpaired) electrons. The summed E-state index contributed by atoms with van der Waals surface area (Å²) >= 11 is 1.41. The maximum Gasteiger partial charge on any atom is 0.416 e. The van der Waals surface area contributed by atoms with Gasteiger partial charge in [0.2, 0.25) is 0 Å². The number of alkyl halides is 3. The summed E-state index contributed by atoms with van der Waals surface area (Å²) in [6, 6.07) is 8.92. The second kappa shape index (κ2) is 7.72. The number of H-pyrrole nitrogens is 1. The molecule has 1 aromatic carbocycles. The zero-order valence-electron chi connectivity index (χ0n) is 15.7. The van der Waals surface area contributed by atoms with Crippen molar-refractivity contribution in [2.24, 2.45) is 0 Å². The van der Waals surface area contributed by atoms with Crippen LogP contribution in [-0.2, 0) is 25.7 Å². The minimum atomic E-state index is -4.35. The lowest BCUT2D eigenvalue weighted by molar-refractivity contribution is -0.137. The van der Waals surface area contributed by atoms with Crippen LogP contribution in [0.4, 0.5) is 13.2 Å². The summed E-state index contributed by atoms with van der Waals surface area (Å²) in [7, 11) is 0. The number of halogens is 3. The van der Waals surface area contributed by atoms with Gasteiger partial charge < -0.3 is 9.55 Å². The fraction of sp³-hybridized carbons (Fsp3) is 0.300. The number of hydrogen-bond acceptors (Lipinski definition) is 4. The Balaban J connectivity index is 1.54. The number of aromatic amines is 1. The van der Waals surface area contributed by atoms with Gasteiger partial charge in [-0.05, 0) is 42.7 Å². The lowest BCUT2D eigenvalue weighted by atomic mass is 10.1. The Kier molecular flexibility index (Phi) is 5.26. The van der Waals surface area contributed by atoms with Gasteiger partial charge in [0.1, 0.15) is 0 Å². The van der Waals surface area contributed by atoms with E-state index in [-0.39, 0.29) is 5.56 Å². The van der Waals surface area contributed by atoms with E-state index in [1.165, 1.54) is 23.9 Å². The van der Waals surface area contributed by atoms with Crippen molar-refractivity contribution in [2.75, 3.05) is 12.8 Å². The number of rotatable bonds is 4. The van der Waals surface area contributed by atoms with E-state index in [4.69, 9.17) is 0 Å². The fourth-order valence-electron chi connectivity index (χ4n) is 3.53. The largest absolute Gasteiger partial charge is 0.416 e. The highest BCUT2D eigenvalue weighted by Crippen LogP contribution is 2.30. The molecule has 1 aliphatic heterocycles. The quantitative estimate of drug-likeness (QED) is 0.515. The van der Waals surface area contributed by atoms with E-state index >= 15 is 0 Å². The van der Waals surface area contributed by atoms with Crippen LogP contribution in [0.25, 0.3) is 5.69 Å². The van der Waals surface area contributed by atoms with Crippen LogP contribution in [-0.4, -0.2) is 32.2 Å². The predicted octanol–water partition coefficient (Wildman–Crippen LogP) is 3.86. The summed E-state index contributed by atoms with van der Waals surface area (Å²) in [5, 5.41) is 0.624. The minimum Gasteiger partial charge on any atom is -0.320 e. The molecule has 3 aromatic rings. The molecule has 2 aromatic heterocycles. The van der Waals surface area contributed by atoms with Crippen LogP contribution >= 0.6 is 11.8 Å². The van der Waals surface area contributed by atoms with Crippen LogP contribution in [0.5, 0.6) is 0 Å². The number of nitrogens with one attached hydrogen (secondary N) is 1. The molecule has 29 heavy (non-hydrogen) atoms. The zero-order chi connectivity index (χ0) is 20.6. The van der Waals surface area contributed by atoms with Crippen LogP contribution < -0.4 is 5.56 Å². The molecule has 0 fully saturated rings. The van der Waals surface area contributed by atoms with E-state index in [2.05, 4.69) is 14.9 Å². The summed E-state index contributed by atoms with van der Waals surface area (Å²) in [4.78, 5) is 21.8. The van der Waals surface area contributed by atoms with Gasteiger partial charge in [0.15, 0.2) is 5.16 Å². The second-order valence-corrected chi connectivity index (χ2v) is 7.67. The Morgan fingerprint density at radius 1 is 1.21 bits per heavy atom. The fourth-order valence-corrected chi connectivity index (χ4v) is 3.92. The monoisotopic (exact) mass is 420 g/mol. The molecular weight excluding hydrogens is 401 g/mol. The van der Waals surface area contributed by atoms with E-state index in [0.29, 0.717) is 35.9 Å². The molecule has 152 valence electrons. The molecule has 0 amide bonds. The minimum absolute atomic E-state index is 0.109. The van der Waals surface area contributed by atoms with Crippen molar-refractivity contribution in [3.05, 3.63) is 75.5 Å². The highest BCUT2D eigenvalue weighted by Gasteiger charge is 2.30. The van der Waals surface area contributed by atoms with Crippen molar-refractivity contribution in [1.82, 2.24) is 19.4 Å². The Morgan fingerprint density at radius 3 is 2.66 bits per heavy atom. The molecule has 0 aliphatic carbocycles. The first-order valence-electron chi connectivity index (χ1n) is 9.07. The van der Waals surface area contributed by atoms with Crippen LogP contribution in [0.15, 0.2) is 52.5 Å². The van der Waals surface area contributed by atoms with Crippen molar-refractivity contribution < 1.29 is 13.2 Å². The van der Waals surface area contributed by atoms with Gasteiger partial charge in [-0.3, -0.25) is 9.69 Å². The van der Waals surface area contributed by atoms with Crippen LogP contribution in [0.2, 0.25) is 0 Å². The van der Waals surface area contributed by atoms with Crippen LogP contribution in [0.1, 0.15) is 22.5 Å². The molecule has 3 heterocycles. The average Bonchev–Trinajstić information content (AvgIpc) is 3.15. The Labute approximate surface area is 169 Å². The third-order valence-corrected chi connectivity index (χ3v) is 5.59. The molecule has 0 bridgehead atoms. The van der Waals surface area contributed by atoms with E-state index in [9.17, 15) is 18.0 Å². The number of hydrogen-bond donors (Lipinski definition) is 1. The standard InChI is InChI=1S/C20H19F3N4OS/c1-29-19-24-17-8-10-26(12-16(17)18(28)25-19)11-15-3-2-9-27(15)14-6-4-13(5-7-14)20(21,22)23/h2-7,9H,8,10-12H2,1H3,(H,24,25,28). The predicted molar refractivity (Wildman–Crippen MR) is 105 cm³/mol. The van der Waals surface area contributed by atoms with Gasteiger partial charge in [0, 0.05) is 43.6 Å². The van der Waals surface area contributed by atoms with E-state index in [1.54, 1.807) is 0 Å². The Morgan fingerprint density at radius 2 is 1.97 bits per heavy atom. The molecule has 4 rings (SSSR count). The summed E-state index contributed by atoms with van der Waals surface area (Å²) in [6.07, 6.45) is 0.0361. The molecule has 5 nitrogen and oxygen atoms in total. The number of thioether (sulfide) groups is 1. The molecule has 0 saturated carbocycles. The van der Waals surface area contributed by atoms with Crippen molar-refractivity contribution >= 4 is 11.8 Å². The molecule has 1 aliphatic rings. The summed E-state index contributed by atoms with van der Waals surface area (Å²) in [5.41, 5.74) is 2.35. The van der Waals surface area contributed by atoms with Crippen molar-refractivity contribution in [3.63, 3.8) is 0 Å². The van der Waals surface area contributed by atoms with Crippen LogP contribution in [0, 0.1) is 0 Å². The number of fused-ring (bicyclic) bond motifs is 1. The van der Waals surface area contributed by atoms with Crippen molar-refractivity contribution in [3.8, 4) is 5.69 Å². The lowest BCUT2D eigenvalue weighted by Crippen LogP contribution is -2.35. The molecule has 0 spiro atoms. The SMILES string of the molecule is CSc1nc2c(c(=O)[nH]1)CN(Cc1cccn1-c1ccc(C(F)(F)F)cc1)CC2. The highest BCUT2D eigenvalue weighted by molar-refractivity contribution is 7.98. The third kappa shape index (κ3) is 4.11. The first-order chi connectivity index (χ1) is 13.8. The number of benzene rings is 1. The molecular formula is C20H19F3N4OS. The van der Waals surface area contributed by atoms with E-state index < -0.39 is 11.7 Å². The topological polar surface area (TPSA) is 53.9 Å². The van der Waals surface area contributed by atoms with E-state index in [1.807, 2.05) is 29.2 Å². The highest BCUT2D eigenvalue weighted by atomic mass is 32.2. The summed E-state index contributed by atoms with van der Waals surface area (Å²) in [5.74, 6) is 0. The van der Waals surface area contributed by atoms with Crippen LogP contribution in [0.3, 0.4) is 0 Å². The maximum atomic E-state index is 12.8. The van der Waals surface area contributed by atoms with Gasteiger partial charge >= 0.3 is 6.18 Å². The number of aromatic nitrogens is 3. The van der Waals surface area contributed by atoms with Gasteiger partial charge in [-0.1, -0.05) is 11.8 Å². The Bertz CT molecular complexity index is 1070. The normalized spacial score (nSPS) is 14.8. The molecule has 0 unspecified atom stereocenters. The zero-order valence-corrected chi connectivity index (χ0v) is 16.5. The van der Waals surface area contributed by atoms with E-state index in [0.717, 1.165) is 30.1 Å². The molecule has 0 atom stereocenters. The molecule has 0 saturated heterocycles. The smallest absolute Gasteiger partial charge is 0.320 e. The van der Waals surface area contributed by atoms with Gasteiger partial charge in [-0.15, -0.1) is 0 Å².